The number of benzene rings is 2. The molecule has 0 N–H and O–H groups in total. The molecule has 2 nitrogen and oxygen atoms in total. The van der Waals surface area contributed by atoms with E-state index in [1.54, 1.807) is 0 Å². The molecule has 2 heteroatoms. The van der Waals surface area contributed by atoms with Crippen LogP contribution in [0.1, 0.15) is 51.2 Å². The molecular formula is C24H29N2+. The first kappa shape index (κ1) is 17.1. The van der Waals surface area contributed by atoms with Gasteiger partial charge >= 0.3 is 0 Å². The van der Waals surface area contributed by atoms with Crippen LogP contribution in [0, 0.1) is 41.5 Å². The molecule has 1 aliphatic rings. The number of aryl methyl sites for hydroxylation is 6. The molecule has 0 aliphatic heterocycles. The van der Waals surface area contributed by atoms with Gasteiger partial charge in [-0.2, -0.15) is 9.13 Å². The maximum absolute atomic E-state index is 2.46. The second-order valence-electron chi connectivity index (χ2n) is 8.10. The fraction of sp³-hybridized carbons (Fsp3) is 0.375. The Kier molecular flexibility index (Phi) is 4.02. The molecule has 4 rings (SSSR count). The number of aromatic nitrogens is 2. The van der Waals surface area contributed by atoms with E-state index in [1.807, 2.05) is 0 Å². The molecule has 0 unspecified atom stereocenters. The Balaban J connectivity index is 1.99. The summed E-state index contributed by atoms with van der Waals surface area (Å²) < 4.78 is 4.93. The summed E-state index contributed by atoms with van der Waals surface area (Å²) in [4.78, 5) is 0. The summed E-state index contributed by atoms with van der Waals surface area (Å²) in [7, 11) is 0. The van der Waals surface area contributed by atoms with Crippen molar-refractivity contribution in [3.63, 3.8) is 0 Å². The van der Waals surface area contributed by atoms with Crippen molar-refractivity contribution in [3.8, 4) is 11.4 Å². The molecule has 1 aliphatic carbocycles. The molecule has 0 spiro atoms. The lowest BCUT2D eigenvalue weighted by atomic mass is 10.0. The molecule has 2 aromatic carbocycles. The maximum atomic E-state index is 2.46. The Labute approximate surface area is 157 Å². The van der Waals surface area contributed by atoms with Crippen molar-refractivity contribution >= 4 is 0 Å². The van der Waals surface area contributed by atoms with E-state index in [-0.39, 0.29) is 0 Å². The molecule has 3 aromatic rings. The van der Waals surface area contributed by atoms with Crippen molar-refractivity contribution in [3.05, 3.63) is 75.4 Å². The highest BCUT2D eigenvalue weighted by Gasteiger charge is 2.31. The molecule has 26 heavy (non-hydrogen) atoms. The first-order valence-electron chi connectivity index (χ1n) is 9.68. The average molecular weight is 346 g/mol. The van der Waals surface area contributed by atoms with Gasteiger partial charge in [-0.3, -0.25) is 0 Å². The molecule has 0 radical (unpaired) electrons. The smallest absolute Gasteiger partial charge is 0.198 e. The first-order chi connectivity index (χ1) is 12.4. The van der Waals surface area contributed by atoms with Gasteiger partial charge in [-0.1, -0.05) is 35.4 Å². The SMILES string of the molecule is Cc1cc(C)c(-n2c[n+](-c3c(C)cc(C)cc3C)c3c2CCC3)c(C)c1. The highest BCUT2D eigenvalue weighted by Crippen LogP contribution is 2.29. The van der Waals surface area contributed by atoms with Crippen LogP contribution in [0.15, 0.2) is 30.6 Å². The summed E-state index contributed by atoms with van der Waals surface area (Å²) in [6.07, 6.45) is 5.91. The lowest BCUT2D eigenvalue weighted by Crippen LogP contribution is -2.34. The van der Waals surface area contributed by atoms with Crippen molar-refractivity contribution in [1.29, 1.82) is 0 Å². The van der Waals surface area contributed by atoms with Crippen LogP contribution in [0.2, 0.25) is 0 Å². The van der Waals surface area contributed by atoms with Gasteiger partial charge in [0, 0.05) is 12.8 Å². The Bertz CT molecular complexity index is 895. The number of rotatable bonds is 2. The summed E-state index contributed by atoms with van der Waals surface area (Å²) >= 11 is 0. The summed E-state index contributed by atoms with van der Waals surface area (Å²) in [6, 6.07) is 9.21. The van der Waals surface area contributed by atoms with Gasteiger partial charge in [-0.25, -0.2) is 0 Å². The standard InChI is InChI=1S/C24H29N2/c1-15-10-17(3)23(18(4)11-15)25-14-26(22-9-7-8-21(22)25)24-19(5)12-16(2)13-20(24)6/h10-14H,7-9H2,1-6H3/q+1. The van der Waals surface area contributed by atoms with E-state index in [2.05, 4.69) is 81.3 Å². The monoisotopic (exact) mass is 345 g/mol. The van der Waals surface area contributed by atoms with E-state index in [4.69, 9.17) is 0 Å². The van der Waals surface area contributed by atoms with Crippen LogP contribution in [0.3, 0.4) is 0 Å². The van der Waals surface area contributed by atoms with E-state index >= 15 is 0 Å². The second kappa shape index (κ2) is 6.12. The van der Waals surface area contributed by atoms with Crippen LogP contribution in [-0.4, -0.2) is 4.57 Å². The zero-order valence-corrected chi connectivity index (χ0v) is 16.9. The topological polar surface area (TPSA) is 8.81 Å². The highest BCUT2D eigenvalue weighted by atomic mass is 15.2. The van der Waals surface area contributed by atoms with Crippen LogP contribution in [0.25, 0.3) is 11.4 Å². The van der Waals surface area contributed by atoms with Gasteiger partial charge in [-0.05, 0) is 70.2 Å². The molecule has 1 heterocycles. The van der Waals surface area contributed by atoms with E-state index in [0.717, 1.165) is 0 Å². The van der Waals surface area contributed by atoms with Gasteiger partial charge in [0.1, 0.15) is 11.4 Å². The molecule has 0 fully saturated rings. The van der Waals surface area contributed by atoms with E-state index in [9.17, 15) is 0 Å². The molecule has 0 atom stereocenters. The van der Waals surface area contributed by atoms with Gasteiger partial charge in [-0.15, -0.1) is 0 Å². The number of hydrogen-bond donors (Lipinski definition) is 0. The molecule has 0 saturated carbocycles. The van der Waals surface area contributed by atoms with Gasteiger partial charge in [0.15, 0.2) is 11.4 Å². The van der Waals surface area contributed by atoms with Crippen molar-refractivity contribution in [1.82, 2.24) is 4.57 Å². The van der Waals surface area contributed by atoms with Crippen LogP contribution in [0.4, 0.5) is 0 Å². The van der Waals surface area contributed by atoms with Gasteiger partial charge in [0.2, 0.25) is 0 Å². The maximum Gasteiger partial charge on any atom is 0.254 e. The number of nitrogens with zero attached hydrogens (tertiary/aromatic N) is 2. The minimum Gasteiger partial charge on any atom is -0.198 e. The minimum absolute atomic E-state index is 1.17. The van der Waals surface area contributed by atoms with Gasteiger partial charge in [0.25, 0.3) is 6.33 Å². The zero-order chi connectivity index (χ0) is 18.6. The second-order valence-corrected chi connectivity index (χ2v) is 8.10. The third kappa shape index (κ3) is 2.59. The predicted octanol–water partition coefficient (Wildman–Crippen LogP) is 5.09. The molecular weight excluding hydrogens is 316 g/mol. The Morgan fingerprint density at radius 3 is 1.85 bits per heavy atom. The molecule has 0 bridgehead atoms. The fourth-order valence-corrected chi connectivity index (χ4v) is 4.98. The van der Waals surface area contributed by atoms with E-state index < -0.39 is 0 Å². The number of hydrogen-bond acceptors (Lipinski definition) is 0. The lowest BCUT2D eigenvalue weighted by molar-refractivity contribution is -0.603. The number of imidazole rings is 1. The van der Waals surface area contributed by atoms with Crippen molar-refractivity contribution in [2.45, 2.75) is 60.8 Å². The van der Waals surface area contributed by atoms with Crippen molar-refractivity contribution < 1.29 is 4.57 Å². The fourth-order valence-electron chi connectivity index (χ4n) is 4.98. The molecule has 0 saturated heterocycles. The predicted molar refractivity (Wildman–Crippen MR) is 108 cm³/mol. The van der Waals surface area contributed by atoms with Crippen LogP contribution in [0.5, 0.6) is 0 Å². The average Bonchev–Trinajstić information content (AvgIpc) is 3.10. The normalized spacial score (nSPS) is 13.3. The lowest BCUT2D eigenvalue weighted by Gasteiger charge is -2.10. The van der Waals surface area contributed by atoms with Crippen LogP contribution >= 0.6 is 0 Å². The largest absolute Gasteiger partial charge is 0.254 e. The summed E-state index contributed by atoms with van der Waals surface area (Å²) in [5.41, 5.74) is 13.8. The molecule has 0 amide bonds. The first-order valence-corrected chi connectivity index (χ1v) is 9.68. The van der Waals surface area contributed by atoms with Crippen molar-refractivity contribution in [2.75, 3.05) is 0 Å². The Morgan fingerprint density at radius 2 is 1.27 bits per heavy atom. The van der Waals surface area contributed by atoms with Crippen LogP contribution < -0.4 is 4.57 Å². The van der Waals surface area contributed by atoms with Crippen LogP contribution in [-0.2, 0) is 12.8 Å². The summed E-state index contributed by atoms with van der Waals surface area (Å²) in [6.45, 7) is 13.3. The molecule has 134 valence electrons. The zero-order valence-electron chi connectivity index (χ0n) is 16.9. The summed E-state index contributed by atoms with van der Waals surface area (Å²) in [5, 5.41) is 0. The van der Waals surface area contributed by atoms with Crippen molar-refractivity contribution in [2.24, 2.45) is 0 Å². The third-order valence-corrected chi connectivity index (χ3v) is 5.73. The Hall–Kier alpha value is -2.35. The molecule has 1 aromatic heterocycles. The summed E-state index contributed by atoms with van der Waals surface area (Å²) in [5.74, 6) is 0. The third-order valence-electron chi connectivity index (χ3n) is 5.73. The highest BCUT2D eigenvalue weighted by molar-refractivity contribution is 5.51. The Morgan fingerprint density at radius 1 is 0.731 bits per heavy atom. The van der Waals surface area contributed by atoms with E-state index in [1.165, 1.54) is 75.4 Å². The van der Waals surface area contributed by atoms with Gasteiger partial charge < -0.3 is 0 Å². The van der Waals surface area contributed by atoms with Gasteiger partial charge in [0.05, 0.1) is 0 Å². The minimum atomic E-state index is 1.17. The number of fused-ring (bicyclic) bond motifs is 1. The van der Waals surface area contributed by atoms with E-state index in [0.29, 0.717) is 0 Å². The quantitative estimate of drug-likeness (QED) is 0.572.